The summed E-state index contributed by atoms with van der Waals surface area (Å²) in [6.45, 7) is 1.35. The number of carboxylic acids is 1. The molecule has 1 fully saturated rings. The summed E-state index contributed by atoms with van der Waals surface area (Å²) in [5, 5.41) is 10.5. The minimum absolute atomic E-state index is 0.158. The van der Waals surface area contributed by atoms with Crippen molar-refractivity contribution in [2.75, 3.05) is 27.3 Å². The van der Waals surface area contributed by atoms with Gasteiger partial charge in [-0.25, -0.2) is 0 Å². The highest BCUT2D eigenvalue weighted by molar-refractivity contribution is 5.78. The minimum Gasteiger partial charge on any atom is -0.493 e. The van der Waals surface area contributed by atoms with E-state index in [1.807, 2.05) is 42.5 Å². The van der Waals surface area contributed by atoms with Crippen LogP contribution in [0.3, 0.4) is 0 Å². The summed E-state index contributed by atoms with van der Waals surface area (Å²) in [7, 11) is 3.27. The van der Waals surface area contributed by atoms with E-state index in [1.54, 1.807) is 14.2 Å². The summed E-state index contributed by atoms with van der Waals surface area (Å²) in [5.74, 6) is 0.342. The topological polar surface area (TPSA) is 71.9 Å². The van der Waals surface area contributed by atoms with Crippen molar-refractivity contribution in [3.8, 4) is 11.5 Å². The fraction of sp³-hybridized carbons (Fsp3) is 0.333. The fourth-order valence-corrected chi connectivity index (χ4v) is 4.31. The lowest BCUT2D eigenvalue weighted by Crippen LogP contribution is -2.39. The van der Waals surface area contributed by atoms with Gasteiger partial charge in [-0.2, -0.15) is 0 Å². The second-order valence-electron chi connectivity index (χ2n) is 7.56. The van der Waals surface area contributed by atoms with E-state index in [0.717, 1.165) is 22.2 Å². The highest BCUT2D eigenvalue weighted by Gasteiger charge is 2.33. The van der Waals surface area contributed by atoms with E-state index in [2.05, 4.69) is 17.0 Å². The molecule has 6 heteroatoms. The van der Waals surface area contributed by atoms with Crippen molar-refractivity contribution >= 4 is 16.9 Å². The van der Waals surface area contributed by atoms with Gasteiger partial charge in [0.15, 0.2) is 11.5 Å². The highest BCUT2D eigenvalue weighted by atomic mass is 16.5. The molecule has 0 aliphatic carbocycles. The monoisotopic (exact) mass is 406 g/mol. The van der Waals surface area contributed by atoms with Crippen molar-refractivity contribution in [2.24, 2.45) is 5.92 Å². The SMILES string of the molecule is COc1cccc(C(c2ccc3ccccc3n2)N2CCC(C(=O)O)CC2)c1OC. The Hall–Kier alpha value is -3.12. The normalized spacial score (nSPS) is 16.3. The molecule has 6 nitrogen and oxygen atoms in total. The Morgan fingerprint density at radius 1 is 1.03 bits per heavy atom. The number of fused-ring (bicyclic) bond motifs is 1. The number of hydrogen-bond donors (Lipinski definition) is 1. The summed E-state index contributed by atoms with van der Waals surface area (Å²) in [5.41, 5.74) is 2.81. The molecule has 0 saturated carbocycles. The number of para-hydroxylation sites is 2. The number of nitrogens with zero attached hydrogens (tertiary/aromatic N) is 2. The highest BCUT2D eigenvalue weighted by Crippen LogP contribution is 2.41. The Balaban J connectivity index is 1.80. The third-order valence-corrected chi connectivity index (χ3v) is 5.87. The van der Waals surface area contributed by atoms with Gasteiger partial charge >= 0.3 is 5.97 Å². The van der Waals surface area contributed by atoms with Crippen LogP contribution in [0.2, 0.25) is 0 Å². The molecule has 2 heterocycles. The van der Waals surface area contributed by atoms with E-state index in [-0.39, 0.29) is 12.0 Å². The van der Waals surface area contributed by atoms with Crippen molar-refractivity contribution in [1.29, 1.82) is 0 Å². The van der Waals surface area contributed by atoms with Crippen LogP contribution in [0.1, 0.15) is 30.1 Å². The average molecular weight is 406 g/mol. The van der Waals surface area contributed by atoms with Crippen molar-refractivity contribution < 1.29 is 19.4 Å². The van der Waals surface area contributed by atoms with E-state index >= 15 is 0 Å². The predicted molar refractivity (Wildman–Crippen MR) is 115 cm³/mol. The molecule has 156 valence electrons. The fourth-order valence-electron chi connectivity index (χ4n) is 4.31. The first-order valence-electron chi connectivity index (χ1n) is 10.2. The van der Waals surface area contributed by atoms with E-state index in [1.165, 1.54) is 0 Å². The number of piperidine rings is 1. The van der Waals surface area contributed by atoms with E-state index in [9.17, 15) is 9.90 Å². The van der Waals surface area contributed by atoms with Crippen LogP contribution in [-0.4, -0.2) is 48.3 Å². The maximum absolute atomic E-state index is 11.4. The van der Waals surface area contributed by atoms with Crippen LogP contribution in [0.15, 0.2) is 54.6 Å². The van der Waals surface area contributed by atoms with Gasteiger partial charge in [0, 0.05) is 10.9 Å². The number of pyridine rings is 1. The molecule has 30 heavy (non-hydrogen) atoms. The van der Waals surface area contributed by atoms with Crippen LogP contribution in [0, 0.1) is 5.92 Å². The van der Waals surface area contributed by atoms with Gasteiger partial charge in [0.25, 0.3) is 0 Å². The molecular weight excluding hydrogens is 380 g/mol. The smallest absolute Gasteiger partial charge is 0.306 e. The van der Waals surface area contributed by atoms with Crippen LogP contribution in [0.4, 0.5) is 0 Å². The quantitative estimate of drug-likeness (QED) is 0.663. The van der Waals surface area contributed by atoms with Gasteiger partial charge in [-0.05, 0) is 44.1 Å². The van der Waals surface area contributed by atoms with Gasteiger partial charge in [-0.15, -0.1) is 0 Å². The number of rotatable bonds is 6. The summed E-state index contributed by atoms with van der Waals surface area (Å²) in [6, 6.07) is 17.9. The number of aliphatic carboxylic acids is 1. The van der Waals surface area contributed by atoms with Gasteiger partial charge in [0.1, 0.15) is 0 Å². The van der Waals surface area contributed by atoms with Crippen LogP contribution in [0.5, 0.6) is 11.5 Å². The predicted octanol–water partition coefficient (Wildman–Crippen LogP) is 4.14. The molecule has 3 aromatic rings. The van der Waals surface area contributed by atoms with Crippen LogP contribution >= 0.6 is 0 Å². The number of likely N-dealkylation sites (tertiary alicyclic amines) is 1. The van der Waals surface area contributed by atoms with Crippen molar-refractivity contribution in [3.05, 3.63) is 65.9 Å². The van der Waals surface area contributed by atoms with Crippen molar-refractivity contribution in [3.63, 3.8) is 0 Å². The molecule has 0 bridgehead atoms. The summed E-state index contributed by atoms with van der Waals surface area (Å²) < 4.78 is 11.3. The second-order valence-corrected chi connectivity index (χ2v) is 7.56. The molecular formula is C24H26N2O4. The maximum atomic E-state index is 11.4. The molecule has 1 aliphatic heterocycles. The molecule has 0 amide bonds. The summed E-state index contributed by atoms with van der Waals surface area (Å²) >= 11 is 0. The van der Waals surface area contributed by atoms with Crippen LogP contribution < -0.4 is 9.47 Å². The number of carbonyl (C=O) groups is 1. The van der Waals surface area contributed by atoms with Gasteiger partial charge in [-0.3, -0.25) is 14.7 Å². The summed E-state index contributed by atoms with van der Waals surface area (Å²) in [4.78, 5) is 18.7. The first-order chi connectivity index (χ1) is 14.6. The first kappa shape index (κ1) is 20.2. The Morgan fingerprint density at radius 2 is 1.80 bits per heavy atom. The molecule has 0 spiro atoms. The number of ether oxygens (including phenoxy) is 2. The number of hydrogen-bond acceptors (Lipinski definition) is 5. The van der Waals surface area contributed by atoms with E-state index < -0.39 is 5.97 Å². The Labute approximate surface area is 176 Å². The van der Waals surface area contributed by atoms with Gasteiger partial charge in [-0.1, -0.05) is 36.4 Å². The Kier molecular flexibility index (Phi) is 5.86. The van der Waals surface area contributed by atoms with Crippen LogP contribution in [0.25, 0.3) is 10.9 Å². The van der Waals surface area contributed by atoms with Crippen LogP contribution in [-0.2, 0) is 4.79 Å². The molecule has 1 saturated heterocycles. The molecule has 1 aliphatic rings. The molecule has 4 rings (SSSR count). The molecule has 1 aromatic heterocycles. The lowest BCUT2D eigenvalue weighted by Gasteiger charge is -2.37. The minimum atomic E-state index is -0.714. The van der Waals surface area contributed by atoms with E-state index in [4.69, 9.17) is 14.5 Å². The maximum Gasteiger partial charge on any atom is 0.306 e. The molecule has 1 N–H and O–H groups in total. The third-order valence-electron chi connectivity index (χ3n) is 5.87. The zero-order chi connectivity index (χ0) is 21.1. The lowest BCUT2D eigenvalue weighted by atomic mass is 9.92. The number of methoxy groups -OCH3 is 2. The Morgan fingerprint density at radius 3 is 2.50 bits per heavy atom. The number of carboxylic acid groups (broad SMARTS) is 1. The molecule has 1 atom stereocenters. The molecule has 0 radical (unpaired) electrons. The first-order valence-corrected chi connectivity index (χ1v) is 10.2. The lowest BCUT2D eigenvalue weighted by molar-refractivity contribution is -0.143. The molecule has 2 aromatic carbocycles. The summed E-state index contributed by atoms with van der Waals surface area (Å²) in [6.07, 6.45) is 1.23. The van der Waals surface area contributed by atoms with E-state index in [0.29, 0.717) is 37.4 Å². The zero-order valence-electron chi connectivity index (χ0n) is 17.2. The largest absolute Gasteiger partial charge is 0.493 e. The molecule has 1 unspecified atom stereocenters. The van der Waals surface area contributed by atoms with Crippen molar-refractivity contribution in [2.45, 2.75) is 18.9 Å². The van der Waals surface area contributed by atoms with Crippen molar-refractivity contribution in [1.82, 2.24) is 9.88 Å². The number of aromatic nitrogens is 1. The average Bonchev–Trinajstić information content (AvgIpc) is 2.79. The Bertz CT molecular complexity index is 1040. The standard InChI is InChI=1S/C24H26N2O4/c1-29-21-9-5-7-18(23(21)30-2)22(26-14-12-17(13-15-26)24(27)28)20-11-10-16-6-3-4-8-19(16)25-20/h3-11,17,22H,12-15H2,1-2H3,(H,27,28). The zero-order valence-corrected chi connectivity index (χ0v) is 17.2. The third kappa shape index (κ3) is 3.83. The van der Waals surface area contributed by atoms with Gasteiger partial charge in [0.05, 0.1) is 37.4 Å². The van der Waals surface area contributed by atoms with Gasteiger partial charge in [0.2, 0.25) is 0 Å². The number of benzene rings is 2. The van der Waals surface area contributed by atoms with Gasteiger partial charge < -0.3 is 14.6 Å². The second kappa shape index (κ2) is 8.71.